The molecule has 24 heavy (non-hydrogen) atoms. The molecule has 0 aromatic heterocycles. The molecule has 4 nitrogen and oxygen atoms in total. The molecule has 2 N–H and O–H groups in total. The number of hydrogen-bond donors (Lipinski definition) is 2. The molecule has 0 spiro atoms. The van der Waals surface area contributed by atoms with E-state index in [1.807, 2.05) is 38.1 Å². The predicted octanol–water partition coefficient (Wildman–Crippen LogP) is 3.49. The maximum atomic E-state index is 12.5. The van der Waals surface area contributed by atoms with E-state index in [0.29, 0.717) is 18.3 Å². The Morgan fingerprint density at radius 3 is 2.58 bits per heavy atom. The molecule has 136 valence electrons. The van der Waals surface area contributed by atoms with E-state index in [1.54, 1.807) is 7.11 Å². The van der Waals surface area contributed by atoms with Gasteiger partial charge in [0, 0.05) is 12.0 Å². The summed E-state index contributed by atoms with van der Waals surface area (Å²) in [5.74, 6) is 2.00. The second-order valence-electron chi connectivity index (χ2n) is 7.14. The third kappa shape index (κ3) is 5.38. The minimum absolute atomic E-state index is 0. The average molecular weight is 355 g/mol. The third-order valence-electron chi connectivity index (χ3n) is 4.93. The summed E-state index contributed by atoms with van der Waals surface area (Å²) in [6.45, 7) is 8.40. The zero-order valence-corrected chi connectivity index (χ0v) is 16.0. The molecule has 5 heteroatoms. The number of nitrogens with one attached hydrogen (secondary N) is 2. The molecule has 1 aliphatic heterocycles. The SMILES string of the molecule is COc1ccccc1C(C)(C)NC(=O)CC(C)C1CCNCC1.Cl. The van der Waals surface area contributed by atoms with Crippen molar-refractivity contribution in [2.45, 2.75) is 45.6 Å². The van der Waals surface area contributed by atoms with Crippen LogP contribution < -0.4 is 15.4 Å². The summed E-state index contributed by atoms with van der Waals surface area (Å²) in [5.41, 5.74) is 0.558. The minimum Gasteiger partial charge on any atom is -0.496 e. The second-order valence-corrected chi connectivity index (χ2v) is 7.14. The molecule has 1 atom stereocenters. The van der Waals surface area contributed by atoms with Gasteiger partial charge in [0.25, 0.3) is 0 Å². The maximum absolute atomic E-state index is 12.5. The van der Waals surface area contributed by atoms with Crippen molar-refractivity contribution in [3.05, 3.63) is 29.8 Å². The van der Waals surface area contributed by atoms with Crippen molar-refractivity contribution in [1.82, 2.24) is 10.6 Å². The van der Waals surface area contributed by atoms with Crippen LogP contribution in [-0.4, -0.2) is 26.1 Å². The quantitative estimate of drug-likeness (QED) is 0.822. The molecule has 1 aliphatic rings. The number of carbonyl (C=O) groups excluding carboxylic acids is 1. The summed E-state index contributed by atoms with van der Waals surface area (Å²) in [7, 11) is 1.66. The summed E-state index contributed by atoms with van der Waals surface area (Å²) in [5, 5.41) is 6.56. The van der Waals surface area contributed by atoms with Gasteiger partial charge in [0.15, 0.2) is 0 Å². The first-order valence-corrected chi connectivity index (χ1v) is 8.59. The highest BCUT2D eigenvalue weighted by Gasteiger charge is 2.28. The van der Waals surface area contributed by atoms with Crippen LogP contribution in [-0.2, 0) is 10.3 Å². The van der Waals surface area contributed by atoms with Gasteiger partial charge in [0.05, 0.1) is 12.6 Å². The van der Waals surface area contributed by atoms with Gasteiger partial charge in [-0.15, -0.1) is 12.4 Å². The maximum Gasteiger partial charge on any atom is 0.220 e. The lowest BCUT2D eigenvalue weighted by molar-refractivity contribution is -0.124. The fraction of sp³-hybridized carbons (Fsp3) is 0.632. The molecule has 1 amide bonds. The number of halogens is 1. The molecule has 1 aromatic carbocycles. The molecule has 2 rings (SSSR count). The van der Waals surface area contributed by atoms with Crippen LogP contribution in [0.15, 0.2) is 24.3 Å². The average Bonchev–Trinajstić information content (AvgIpc) is 2.55. The highest BCUT2D eigenvalue weighted by Crippen LogP contribution is 2.30. The number of benzene rings is 1. The van der Waals surface area contributed by atoms with Gasteiger partial charge < -0.3 is 15.4 Å². The van der Waals surface area contributed by atoms with E-state index >= 15 is 0 Å². The van der Waals surface area contributed by atoms with E-state index in [9.17, 15) is 4.79 Å². The lowest BCUT2D eigenvalue weighted by Gasteiger charge is -2.31. The first-order chi connectivity index (χ1) is 10.9. The largest absolute Gasteiger partial charge is 0.496 e. The number of ether oxygens (including phenoxy) is 1. The molecule has 1 heterocycles. The van der Waals surface area contributed by atoms with Gasteiger partial charge in [0.2, 0.25) is 5.91 Å². The molecular formula is C19H31ClN2O2. The number of carbonyl (C=O) groups is 1. The molecule has 1 saturated heterocycles. The minimum atomic E-state index is -0.447. The van der Waals surface area contributed by atoms with Crippen molar-refractivity contribution in [2.24, 2.45) is 11.8 Å². The number of hydrogen-bond acceptors (Lipinski definition) is 3. The van der Waals surface area contributed by atoms with Crippen molar-refractivity contribution >= 4 is 18.3 Å². The Bertz CT molecular complexity index is 528. The number of amides is 1. The van der Waals surface area contributed by atoms with Crippen LogP contribution in [0, 0.1) is 11.8 Å². The van der Waals surface area contributed by atoms with Gasteiger partial charge in [-0.2, -0.15) is 0 Å². The van der Waals surface area contributed by atoms with Crippen molar-refractivity contribution < 1.29 is 9.53 Å². The van der Waals surface area contributed by atoms with E-state index in [1.165, 1.54) is 12.8 Å². The zero-order chi connectivity index (χ0) is 16.9. The number of methoxy groups -OCH3 is 1. The fourth-order valence-corrected chi connectivity index (χ4v) is 3.50. The zero-order valence-electron chi connectivity index (χ0n) is 15.2. The van der Waals surface area contributed by atoms with E-state index in [4.69, 9.17) is 4.74 Å². The van der Waals surface area contributed by atoms with Gasteiger partial charge in [0.1, 0.15) is 5.75 Å². The Hall–Kier alpha value is -1.26. The monoisotopic (exact) mass is 354 g/mol. The van der Waals surface area contributed by atoms with Crippen LogP contribution in [0.2, 0.25) is 0 Å². The van der Waals surface area contributed by atoms with Crippen molar-refractivity contribution in [1.29, 1.82) is 0 Å². The van der Waals surface area contributed by atoms with E-state index < -0.39 is 5.54 Å². The van der Waals surface area contributed by atoms with Crippen LogP contribution in [0.4, 0.5) is 0 Å². The van der Waals surface area contributed by atoms with Crippen LogP contribution in [0.25, 0.3) is 0 Å². The van der Waals surface area contributed by atoms with Crippen molar-refractivity contribution in [3.8, 4) is 5.75 Å². The Labute approximate surface area is 152 Å². The summed E-state index contributed by atoms with van der Waals surface area (Å²) >= 11 is 0. The Morgan fingerprint density at radius 1 is 1.33 bits per heavy atom. The predicted molar refractivity (Wildman–Crippen MR) is 101 cm³/mol. The third-order valence-corrected chi connectivity index (χ3v) is 4.93. The first kappa shape index (κ1) is 20.8. The van der Waals surface area contributed by atoms with Crippen molar-refractivity contribution in [2.75, 3.05) is 20.2 Å². The molecule has 1 unspecified atom stereocenters. The molecule has 0 radical (unpaired) electrons. The Balaban J connectivity index is 0.00000288. The number of para-hydroxylation sites is 1. The highest BCUT2D eigenvalue weighted by molar-refractivity contribution is 5.85. The summed E-state index contributed by atoms with van der Waals surface area (Å²) < 4.78 is 5.43. The highest BCUT2D eigenvalue weighted by atomic mass is 35.5. The van der Waals surface area contributed by atoms with Crippen molar-refractivity contribution in [3.63, 3.8) is 0 Å². The standard InChI is InChI=1S/C19H30N2O2.ClH/c1-14(15-9-11-20-12-10-15)13-18(22)21-19(2,3)16-7-5-6-8-17(16)23-4;/h5-8,14-15,20H,9-13H2,1-4H3,(H,21,22);1H. The summed E-state index contributed by atoms with van der Waals surface area (Å²) in [4.78, 5) is 12.5. The summed E-state index contributed by atoms with van der Waals surface area (Å²) in [6, 6.07) is 7.86. The second kappa shape index (κ2) is 9.28. The van der Waals surface area contributed by atoms with Crippen LogP contribution in [0.3, 0.4) is 0 Å². The van der Waals surface area contributed by atoms with Gasteiger partial charge in [-0.05, 0) is 57.7 Å². The first-order valence-electron chi connectivity index (χ1n) is 8.59. The molecule has 1 fully saturated rings. The molecular weight excluding hydrogens is 324 g/mol. The number of piperidine rings is 1. The van der Waals surface area contributed by atoms with Crippen LogP contribution in [0.1, 0.15) is 45.6 Å². The summed E-state index contributed by atoms with van der Waals surface area (Å²) in [6.07, 6.45) is 2.93. The van der Waals surface area contributed by atoms with Crippen LogP contribution >= 0.6 is 12.4 Å². The normalized spacial score (nSPS) is 16.8. The van der Waals surface area contributed by atoms with Gasteiger partial charge in [-0.1, -0.05) is 25.1 Å². The smallest absolute Gasteiger partial charge is 0.220 e. The lowest BCUT2D eigenvalue weighted by Crippen LogP contribution is -2.42. The van der Waals surface area contributed by atoms with Gasteiger partial charge in [-0.3, -0.25) is 4.79 Å². The van der Waals surface area contributed by atoms with Gasteiger partial charge >= 0.3 is 0 Å². The van der Waals surface area contributed by atoms with Gasteiger partial charge in [-0.25, -0.2) is 0 Å². The molecule has 0 bridgehead atoms. The van der Waals surface area contributed by atoms with E-state index in [0.717, 1.165) is 24.4 Å². The van der Waals surface area contributed by atoms with Crippen LogP contribution in [0.5, 0.6) is 5.75 Å². The Morgan fingerprint density at radius 2 is 1.96 bits per heavy atom. The molecule has 0 aliphatic carbocycles. The topological polar surface area (TPSA) is 50.4 Å². The lowest BCUT2D eigenvalue weighted by atomic mass is 9.83. The molecule has 1 aromatic rings. The number of rotatable bonds is 6. The van der Waals surface area contributed by atoms with E-state index in [-0.39, 0.29) is 18.3 Å². The fourth-order valence-electron chi connectivity index (χ4n) is 3.50. The molecule has 0 saturated carbocycles. The Kier molecular flexibility index (Phi) is 8.04. The van der Waals surface area contributed by atoms with E-state index in [2.05, 4.69) is 17.6 Å².